The summed E-state index contributed by atoms with van der Waals surface area (Å²) in [5, 5.41) is 0. The Balaban J connectivity index is 0.00000110. The van der Waals surface area contributed by atoms with Crippen LogP contribution in [0.2, 0.25) is 0 Å². The maximum Gasteiger partial charge on any atom is -1.00 e. The van der Waals surface area contributed by atoms with Gasteiger partial charge in [-0.3, -0.25) is 0 Å². The Morgan fingerprint density at radius 3 is 1.57 bits per heavy atom. The molecule has 0 fully saturated rings. The van der Waals surface area contributed by atoms with E-state index in [-0.39, 0.29) is 44.0 Å². The summed E-state index contributed by atoms with van der Waals surface area (Å²) < 4.78 is 3.70. The molecule has 0 nitrogen and oxygen atoms in total. The molecule has 0 saturated carbocycles. The smallest absolute Gasteiger partial charge is 1.00 e. The average Bonchev–Trinajstić information content (AvgIpc) is 2.88. The van der Waals surface area contributed by atoms with Crippen molar-refractivity contribution in [3.8, 4) is 0 Å². The Bertz CT molecular complexity index is 489. The van der Waals surface area contributed by atoms with Crippen LogP contribution in [0.15, 0.2) is 42.2 Å². The van der Waals surface area contributed by atoms with Crippen LogP contribution in [0.1, 0.15) is 53.4 Å². The van der Waals surface area contributed by atoms with E-state index in [1.807, 2.05) is 7.76 Å². The fourth-order valence-corrected chi connectivity index (χ4v) is 6.79. The zero-order chi connectivity index (χ0) is 13.6. The molecule has 0 N–H and O–H groups in total. The molecule has 2 unspecified atom stereocenters. The summed E-state index contributed by atoms with van der Waals surface area (Å²) >= 11 is -0.0714. The normalized spacial score (nSPS) is 26.5. The minimum absolute atomic E-state index is 0. The van der Waals surface area contributed by atoms with E-state index in [4.69, 9.17) is 0 Å². The van der Waals surface area contributed by atoms with Gasteiger partial charge in [0.1, 0.15) is 0 Å². The van der Waals surface area contributed by atoms with Gasteiger partial charge in [-0.05, 0) is 0 Å². The Morgan fingerprint density at radius 1 is 0.857 bits per heavy atom. The Kier molecular flexibility index (Phi) is 7.07. The summed E-state index contributed by atoms with van der Waals surface area (Å²) in [7, 11) is 0. The van der Waals surface area contributed by atoms with Gasteiger partial charge in [0, 0.05) is 0 Å². The van der Waals surface area contributed by atoms with Crippen LogP contribution in [-0.2, 0) is 19.2 Å². The SMILES string of the molecule is CCC1C=C2CCC3=CC(CC)[C](=C3C)[Ti+2][C]1=C2C.[Cl-].[Cl-]. The van der Waals surface area contributed by atoms with Crippen LogP contribution in [0.4, 0.5) is 0 Å². The van der Waals surface area contributed by atoms with Crippen LogP contribution in [0.3, 0.4) is 0 Å². The summed E-state index contributed by atoms with van der Waals surface area (Å²) in [5.74, 6) is 1.55. The summed E-state index contributed by atoms with van der Waals surface area (Å²) in [4.78, 5) is 0. The van der Waals surface area contributed by atoms with Crippen LogP contribution in [-0.4, -0.2) is 0 Å². The quantitative estimate of drug-likeness (QED) is 0.575. The van der Waals surface area contributed by atoms with Gasteiger partial charge in [0.2, 0.25) is 0 Å². The predicted octanol–water partition coefficient (Wildman–Crippen LogP) is -0.649. The van der Waals surface area contributed by atoms with Gasteiger partial charge in [-0.15, -0.1) is 0 Å². The van der Waals surface area contributed by atoms with E-state index < -0.39 is 0 Å². The van der Waals surface area contributed by atoms with Crippen molar-refractivity contribution in [3.63, 3.8) is 0 Å². The van der Waals surface area contributed by atoms with Crippen LogP contribution in [0.25, 0.3) is 0 Å². The zero-order valence-electron chi connectivity index (χ0n) is 13.4. The van der Waals surface area contributed by atoms with Gasteiger partial charge in [0.05, 0.1) is 0 Å². The van der Waals surface area contributed by atoms with Gasteiger partial charge in [-0.1, -0.05) is 0 Å². The van der Waals surface area contributed by atoms with Gasteiger partial charge in [0.25, 0.3) is 0 Å². The molecule has 2 atom stereocenters. The first-order valence-corrected chi connectivity index (χ1v) is 9.32. The third kappa shape index (κ3) is 3.30. The molecule has 3 heteroatoms. The minimum Gasteiger partial charge on any atom is -1.00 e. The molecule has 3 rings (SSSR count). The molecule has 0 spiro atoms. The van der Waals surface area contributed by atoms with Crippen molar-refractivity contribution < 1.29 is 44.0 Å². The molecule has 1 heterocycles. The van der Waals surface area contributed by atoms with E-state index in [1.165, 1.54) is 25.7 Å². The van der Waals surface area contributed by atoms with E-state index in [2.05, 4.69) is 39.8 Å². The van der Waals surface area contributed by atoms with Crippen molar-refractivity contribution in [2.75, 3.05) is 0 Å². The second-order valence-corrected chi connectivity index (χ2v) is 8.19. The van der Waals surface area contributed by atoms with Crippen LogP contribution in [0, 0.1) is 11.8 Å². The van der Waals surface area contributed by atoms with E-state index in [1.54, 1.807) is 22.3 Å². The van der Waals surface area contributed by atoms with Crippen LogP contribution >= 0.6 is 0 Å². The third-order valence-electron chi connectivity index (χ3n) is 5.13. The summed E-state index contributed by atoms with van der Waals surface area (Å²) in [6, 6.07) is 0. The number of hydrogen-bond donors (Lipinski definition) is 0. The number of hydrogen-bond acceptors (Lipinski definition) is 0. The summed E-state index contributed by atoms with van der Waals surface area (Å²) in [5.41, 5.74) is 6.69. The molecule has 114 valence electrons. The topological polar surface area (TPSA) is 0 Å². The largest absolute Gasteiger partial charge is 1.00 e. The molecule has 0 amide bonds. The number of halogens is 2. The van der Waals surface area contributed by atoms with Crippen LogP contribution < -0.4 is 24.8 Å². The maximum atomic E-state index is 2.59. The van der Waals surface area contributed by atoms with Crippen molar-refractivity contribution in [1.82, 2.24) is 0 Å². The predicted molar refractivity (Wildman–Crippen MR) is 78.4 cm³/mol. The average molecular weight is 359 g/mol. The maximum absolute atomic E-state index is 2.59. The van der Waals surface area contributed by atoms with E-state index in [0.717, 1.165) is 11.8 Å². The molecular formula is C18H24Cl2Ti. The van der Waals surface area contributed by atoms with Gasteiger partial charge in [-0.25, -0.2) is 0 Å². The van der Waals surface area contributed by atoms with Gasteiger partial charge in [0.15, 0.2) is 0 Å². The van der Waals surface area contributed by atoms with Crippen molar-refractivity contribution in [2.24, 2.45) is 11.8 Å². The van der Waals surface area contributed by atoms with E-state index >= 15 is 0 Å². The summed E-state index contributed by atoms with van der Waals surface area (Å²) in [6.45, 7) is 9.49. The van der Waals surface area contributed by atoms with Crippen molar-refractivity contribution in [2.45, 2.75) is 53.4 Å². The molecule has 4 bridgehead atoms. The minimum atomic E-state index is -0.0714. The standard InChI is InChI=1S/C18H24.2ClH.Ti/c1-5-15-9-13(3)17(11-15)7-8-18-12-16(6-2)10-14(18)4;;;/h11-12,15-16H,5-8H2,1-4H3;2*1H;/q;;;+2/p-2. The molecule has 2 aliphatic carbocycles. The fraction of sp³-hybridized carbons (Fsp3) is 0.556. The first kappa shape index (κ1) is 19.3. The van der Waals surface area contributed by atoms with Gasteiger partial charge >= 0.3 is 127 Å². The molecule has 0 saturated heterocycles. The first-order chi connectivity index (χ1) is 9.15. The molecule has 0 aromatic carbocycles. The Labute approximate surface area is 151 Å². The van der Waals surface area contributed by atoms with Gasteiger partial charge < -0.3 is 24.8 Å². The van der Waals surface area contributed by atoms with E-state index in [9.17, 15) is 0 Å². The van der Waals surface area contributed by atoms with Gasteiger partial charge in [-0.2, -0.15) is 0 Å². The number of rotatable bonds is 2. The van der Waals surface area contributed by atoms with Crippen molar-refractivity contribution in [1.29, 1.82) is 0 Å². The zero-order valence-corrected chi connectivity index (χ0v) is 16.5. The Morgan fingerprint density at radius 2 is 1.24 bits per heavy atom. The second kappa shape index (κ2) is 7.69. The first-order valence-electron chi connectivity index (χ1n) is 7.76. The van der Waals surface area contributed by atoms with E-state index in [0.29, 0.717) is 0 Å². The molecule has 0 aromatic rings. The van der Waals surface area contributed by atoms with Crippen molar-refractivity contribution in [3.05, 3.63) is 42.2 Å². The molecule has 3 aliphatic rings. The number of allylic oxidation sites excluding steroid dienone is 8. The number of fused-ring (bicyclic) bond motifs is 2. The molecular weight excluding hydrogens is 335 g/mol. The van der Waals surface area contributed by atoms with Crippen LogP contribution in [0.5, 0.6) is 0 Å². The molecule has 0 aromatic heterocycles. The fourth-order valence-electron chi connectivity index (χ4n) is 3.78. The molecule has 21 heavy (non-hydrogen) atoms. The molecule has 0 radical (unpaired) electrons. The summed E-state index contributed by atoms with van der Waals surface area (Å²) in [6.07, 6.45) is 10.3. The monoisotopic (exact) mass is 358 g/mol. The second-order valence-electron chi connectivity index (χ2n) is 6.12. The Hall–Kier alpha value is 0.254. The molecule has 1 aliphatic heterocycles. The van der Waals surface area contributed by atoms with Crippen molar-refractivity contribution >= 4 is 0 Å². The third-order valence-corrected chi connectivity index (χ3v) is 8.30.